The van der Waals surface area contributed by atoms with Crippen LogP contribution < -0.4 is 29.1 Å². The average molecular weight is 575 g/mol. The Morgan fingerprint density at radius 1 is 1.00 bits per heavy atom. The van der Waals surface area contributed by atoms with E-state index in [0.29, 0.717) is 49.0 Å². The van der Waals surface area contributed by atoms with Crippen molar-refractivity contribution < 1.29 is 28.1 Å². The minimum absolute atomic E-state index is 0.131. The van der Waals surface area contributed by atoms with Crippen molar-refractivity contribution in [3.05, 3.63) is 114 Å². The first-order valence-corrected chi connectivity index (χ1v) is 13.6. The molecule has 1 aliphatic heterocycles. The van der Waals surface area contributed by atoms with E-state index >= 15 is 0 Å². The van der Waals surface area contributed by atoms with E-state index in [4.69, 9.17) is 23.9 Å². The monoisotopic (exact) mass is 574 g/mol. The molecule has 0 unspecified atom stereocenters. The quantitative estimate of drug-likeness (QED) is 0.295. The summed E-state index contributed by atoms with van der Waals surface area (Å²) in [6.45, 7) is 1.84. The van der Waals surface area contributed by atoms with Crippen molar-refractivity contribution >= 4 is 29.1 Å². The van der Waals surface area contributed by atoms with Gasteiger partial charge in [0.15, 0.2) is 16.3 Å². The fourth-order valence-electron chi connectivity index (χ4n) is 4.74. The van der Waals surface area contributed by atoms with Gasteiger partial charge in [-0.15, -0.1) is 0 Å². The molecule has 0 spiro atoms. The third kappa shape index (κ3) is 5.26. The van der Waals surface area contributed by atoms with Crippen LogP contribution in [0.1, 0.15) is 29.7 Å². The number of thiazole rings is 1. The van der Waals surface area contributed by atoms with Gasteiger partial charge in [0.05, 0.1) is 49.8 Å². The summed E-state index contributed by atoms with van der Waals surface area (Å²) in [7, 11) is 4.54. The lowest BCUT2D eigenvalue weighted by Gasteiger charge is -2.25. The van der Waals surface area contributed by atoms with Crippen molar-refractivity contribution in [2.24, 2.45) is 4.99 Å². The standard InChI is InChI=1S/C31H27FN2O6S/c1-5-40-30(36)25-26(19-9-7-6-8-10-19)33-31-34(27(25)20-11-13-21(32)14-12-20)29(35)24(41-31)17-18-15-22(37-2)28(39-4)23(16-18)38-3/h6-17,27H,5H2,1-4H3/t27-/m0/s1. The zero-order chi connectivity index (χ0) is 29.1. The Hall–Kier alpha value is -4.70. The number of halogens is 1. The van der Waals surface area contributed by atoms with Crippen LogP contribution in [-0.2, 0) is 9.53 Å². The third-order valence-corrected chi connectivity index (χ3v) is 7.53. The molecule has 0 N–H and O–H groups in total. The van der Waals surface area contributed by atoms with Crippen molar-refractivity contribution in [3.63, 3.8) is 0 Å². The highest BCUT2D eigenvalue weighted by atomic mass is 32.1. The molecule has 0 fully saturated rings. The van der Waals surface area contributed by atoms with Crippen molar-refractivity contribution in [2.75, 3.05) is 27.9 Å². The van der Waals surface area contributed by atoms with Crippen LogP contribution in [0.5, 0.6) is 17.2 Å². The van der Waals surface area contributed by atoms with Gasteiger partial charge in [-0.1, -0.05) is 53.8 Å². The molecule has 3 aromatic carbocycles. The molecule has 8 nitrogen and oxygen atoms in total. The van der Waals surface area contributed by atoms with Gasteiger partial charge in [0.2, 0.25) is 5.75 Å². The first-order valence-electron chi connectivity index (χ1n) is 12.7. The highest BCUT2D eigenvalue weighted by Crippen LogP contribution is 2.38. The number of esters is 1. The Labute approximate surface area is 239 Å². The minimum Gasteiger partial charge on any atom is -0.493 e. The molecule has 2 heterocycles. The average Bonchev–Trinajstić information content (AvgIpc) is 3.30. The zero-order valence-corrected chi connectivity index (χ0v) is 23.7. The number of rotatable bonds is 8. The van der Waals surface area contributed by atoms with Gasteiger partial charge in [-0.05, 0) is 48.4 Å². The molecule has 1 atom stereocenters. The predicted octanol–water partition coefficient (Wildman–Crippen LogP) is 4.10. The molecule has 0 saturated heterocycles. The smallest absolute Gasteiger partial charge is 0.338 e. The van der Waals surface area contributed by atoms with Crippen LogP contribution in [0.4, 0.5) is 4.39 Å². The maximum absolute atomic E-state index is 14.0. The Morgan fingerprint density at radius 3 is 2.24 bits per heavy atom. The summed E-state index contributed by atoms with van der Waals surface area (Å²) in [6.07, 6.45) is 1.70. The Morgan fingerprint density at radius 2 is 1.66 bits per heavy atom. The van der Waals surface area contributed by atoms with E-state index in [0.717, 1.165) is 0 Å². The summed E-state index contributed by atoms with van der Waals surface area (Å²) in [4.78, 5) is 32.7. The molecule has 0 aliphatic carbocycles. The summed E-state index contributed by atoms with van der Waals surface area (Å²) in [6, 6.07) is 17.5. The normalized spacial score (nSPS) is 14.8. The van der Waals surface area contributed by atoms with Gasteiger partial charge in [-0.3, -0.25) is 9.36 Å². The topological polar surface area (TPSA) is 88.4 Å². The van der Waals surface area contributed by atoms with Gasteiger partial charge in [0, 0.05) is 5.56 Å². The molecule has 41 heavy (non-hydrogen) atoms. The molecule has 4 aromatic rings. The summed E-state index contributed by atoms with van der Waals surface area (Å²) >= 11 is 1.18. The number of nitrogens with zero attached hydrogens (tertiary/aromatic N) is 2. The van der Waals surface area contributed by atoms with E-state index in [1.165, 1.54) is 49.4 Å². The van der Waals surface area contributed by atoms with Crippen LogP contribution in [0.15, 0.2) is 82.1 Å². The SMILES string of the molecule is CCOC(=O)C1=C(c2ccccc2)N=c2sc(=Cc3cc(OC)c(OC)c(OC)c3)c(=O)n2[C@H]1c1ccc(F)cc1. The summed E-state index contributed by atoms with van der Waals surface area (Å²) < 4.78 is 37.6. The first kappa shape index (κ1) is 27.9. The van der Waals surface area contributed by atoms with Gasteiger partial charge >= 0.3 is 5.97 Å². The second-order valence-electron chi connectivity index (χ2n) is 8.94. The second kappa shape index (κ2) is 11.8. The summed E-state index contributed by atoms with van der Waals surface area (Å²) in [5.74, 6) is 0.255. The van der Waals surface area contributed by atoms with Crippen LogP contribution in [0.25, 0.3) is 11.8 Å². The lowest BCUT2D eigenvalue weighted by Crippen LogP contribution is -2.40. The molecule has 210 valence electrons. The maximum atomic E-state index is 14.0. The molecule has 10 heteroatoms. The molecule has 0 saturated carbocycles. The summed E-state index contributed by atoms with van der Waals surface area (Å²) in [5.41, 5.74) is 2.07. The second-order valence-corrected chi connectivity index (χ2v) is 9.95. The van der Waals surface area contributed by atoms with Crippen molar-refractivity contribution in [1.82, 2.24) is 4.57 Å². The maximum Gasteiger partial charge on any atom is 0.338 e. The van der Waals surface area contributed by atoms with E-state index < -0.39 is 17.8 Å². The van der Waals surface area contributed by atoms with Crippen molar-refractivity contribution in [3.8, 4) is 17.2 Å². The number of hydrogen-bond donors (Lipinski definition) is 0. The minimum atomic E-state index is -0.900. The van der Waals surface area contributed by atoms with Gasteiger partial charge < -0.3 is 18.9 Å². The van der Waals surface area contributed by atoms with Gasteiger partial charge in [-0.2, -0.15) is 0 Å². The Kier molecular flexibility index (Phi) is 8.02. The summed E-state index contributed by atoms with van der Waals surface area (Å²) in [5, 5.41) is 0. The molecule has 5 rings (SSSR count). The highest BCUT2D eigenvalue weighted by molar-refractivity contribution is 7.07. The van der Waals surface area contributed by atoms with E-state index in [1.54, 1.807) is 37.3 Å². The van der Waals surface area contributed by atoms with Crippen LogP contribution >= 0.6 is 11.3 Å². The molecule has 1 aliphatic rings. The van der Waals surface area contributed by atoms with Crippen LogP contribution in [0.3, 0.4) is 0 Å². The lowest BCUT2D eigenvalue weighted by atomic mass is 9.93. The van der Waals surface area contributed by atoms with E-state index in [-0.39, 0.29) is 17.7 Å². The number of carbonyl (C=O) groups excluding carboxylic acids is 1. The van der Waals surface area contributed by atoms with Crippen LogP contribution in [-0.4, -0.2) is 38.5 Å². The fraction of sp³-hybridized carbons (Fsp3) is 0.194. The van der Waals surface area contributed by atoms with E-state index in [1.807, 2.05) is 30.3 Å². The molecular formula is C31H27FN2O6S. The largest absolute Gasteiger partial charge is 0.493 e. The van der Waals surface area contributed by atoms with Crippen LogP contribution in [0, 0.1) is 5.82 Å². The molecular weight excluding hydrogens is 547 g/mol. The number of aromatic nitrogens is 1. The van der Waals surface area contributed by atoms with Gasteiger partial charge in [0.25, 0.3) is 5.56 Å². The number of fused-ring (bicyclic) bond motifs is 1. The number of benzene rings is 3. The first-order chi connectivity index (χ1) is 19.9. The van der Waals surface area contributed by atoms with Gasteiger partial charge in [-0.25, -0.2) is 14.2 Å². The van der Waals surface area contributed by atoms with E-state index in [9.17, 15) is 14.0 Å². The highest BCUT2D eigenvalue weighted by Gasteiger charge is 2.35. The van der Waals surface area contributed by atoms with Crippen LogP contribution in [0.2, 0.25) is 0 Å². The molecule has 0 amide bonds. The number of carbonyl (C=O) groups is 1. The number of ether oxygens (including phenoxy) is 4. The lowest BCUT2D eigenvalue weighted by molar-refractivity contribution is -0.138. The molecule has 0 bridgehead atoms. The molecule has 0 radical (unpaired) electrons. The van der Waals surface area contributed by atoms with Crippen molar-refractivity contribution in [2.45, 2.75) is 13.0 Å². The Balaban J connectivity index is 1.81. The van der Waals surface area contributed by atoms with Crippen molar-refractivity contribution in [1.29, 1.82) is 0 Å². The number of methoxy groups -OCH3 is 3. The van der Waals surface area contributed by atoms with E-state index in [2.05, 4.69) is 0 Å². The third-order valence-electron chi connectivity index (χ3n) is 6.54. The molecule has 1 aromatic heterocycles. The zero-order valence-electron chi connectivity index (χ0n) is 22.8. The Bertz CT molecular complexity index is 1790. The predicted molar refractivity (Wildman–Crippen MR) is 154 cm³/mol. The number of hydrogen-bond acceptors (Lipinski definition) is 8. The fourth-order valence-corrected chi connectivity index (χ4v) is 5.74. The van der Waals surface area contributed by atoms with Gasteiger partial charge in [0.1, 0.15) is 5.82 Å².